The Morgan fingerprint density at radius 2 is 2.15 bits per heavy atom. The predicted octanol–water partition coefficient (Wildman–Crippen LogP) is 3.34. The molecular formula is C15H18BrN3O. The number of pyridine rings is 1. The van der Waals surface area contributed by atoms with Gasteiger partial charge in [-0.3, -0.25) is 0 Å². The number of hydrogen-bond donors (Lipinski definition) is 1. The third kappa shape index (κ3) is 3.29. The van der Waals surface area contributed by atoms with Gasteiger partial charge in [-0.2, -0.15) is 0 Å². The number of nitrogens with zero attached hydrogens (tertiary/aromatic N) is 2. The van der Waals surface area contributed by atoms with Crippen molar-refractivity contribution in [1.82, 2.24) is 10.3 Å². The van der Waals surface area contributed by atoms with Crippen molar-refractivity contribution in [2.24, 2.45) is 0 Å². The molecule has 0 amide bonds. The molecule has 0 saturated carbocycles. The topological polar surface area (TPSA) is 37.4 Å². The highest BCUT2D eigenvalue weighted by atomic mass is 79.9. The second kappa shape index (κ2) is 6.72. The van der Waals surface area contributed by atoms with Gasteiger partial charge in [-0.1, -0.05) is 6.07 Å². The van der Waals surface area contributed by atoms with Crippen molar-refractivity contribution in [3.63, 3.8) is 0 Å². The summed E-state index contributed by atoms with van der Waals surface area (Å²) in [5, 5.41) is 3.17. The summed E-state index contributed by atoms with van der Waals surface area (Å²) in [6.45, 7) is 0.760. The Kier molecular flexibility index (Phi) is 4.98. The maximum atomic E-state index is 5.27. The molecule has 0 bridgehead atoms. The van der Waals surface area contributed by atoms with E-state index in [-0.39, 0.29) is 0 Å². The second-order valence-corrected chi connectivity index (χ2v) is 5.34. The van der Waals surface area contributed by atoms with E-state index in [1.807, 2.05) is 44.6 Å². The van der Waals surface area contributed by atoms with Crippen LogP contribution in [0.25, 0.3) is 0 Å². The zero-order chi connectivity index (χ0) is 14.5. The van der Waals surface area contributed by atoms with Crippen molar-refractivity contribution < 1.29 is 4.74 Å². The highest BCUT2D eigenvalue weighted by Gasteiger charge is 2.11. The molecule has 0 aliphatic rings. The van der Waals surface area contributed by atoms with Gasteiger partial charge in [-0.05, 0) is 41.2 Å². The van der Waals surface area contributed by atoms with Crippen molar-refractivity contribution in [2.45, 2.75) is 6.54 Å². The quantitative estimate of drug-likeness (QED) is 0.909. The van der Waals surface area contributed by atoms with E-state index in [4.69, 9.17) is 4.74 Å². The van der Waals surface area contributed by atoms with Crippen molar-refractivity contribution in [1.29, 1.82) is 0 Å². The van der Waals surface area contributed by atoms with Gasteiger partial charge >= 0.3 is 0 Å². The average Bonchev–Trinajstić information content (AvgIpc) is 2.47. The van der Waals surface area contributed by atoms with Crippen LogP contribution in [0.1, 0.15) is 5.56 Å². The van der Waals surface area contributed by atoms with Gasteiger partial charge in [-0.25, -0.2) is 4.98 Å². The van der Waals surface area contributed by atoms with Gasteiger partial charge in [0.1, 0.15) is 11.6 Å². The molecular weight excluding hydrogens is 318 g/mol. The van der Waals surface area contributed by atoms with Crippen LogP contribution in [0.5, 0.6) is 5.75 Å². The second-order valence-electron chi connectivity index (χ2n) is 4.43. The van der Waals surface area contributed by atoms with Gasteiger partial charge in [-0.15, -0.1) is 0 Å². The van der Waals surface area contributed by atoms with E-state index < -0.39 is 0 Å². The smallest absolute Gasteiger partial charge is 0.137 e. The SMILES string of the molecule is CNCc1cc(Br)cnc1N(C)c1cccc(OC)c1. The summed E-state index contributed by atoms with van der Waals surface area (Å²) in [5.41, 5.74) is 2.17. The Labute approximate surface area is 127 Å². The Bertz CT molecular complexity index is 589. The molecule has 0 aliphatic carbocycles. The molecule has 0 spiro atoms. The van der Waals surface area contributed by atoms with Crippen LogP contribution >= 0.6 is 15.9 Å². The number of nitrogens with one attached hydrogen (secondary N) is 1. The Balaban J connectivity index is 2.38. The fourth-order valence-corrected chi connectivity index (χ4v) is 2.42. The summed E-state index contributed by atoms with van der Waals surface area (Å²) < 4.78 is 6.25. The summed E-state index contributed by atoms with van der Waals surface area (Å²) in [6.07, 6.45) is 1.81. The largest absolute Gasteiger partial charge is 0.497 e. The zero-order valence-corrected chi connectivity index (χ0v) is 13.4. The monoisotopic (exact) mass is 335 g/mol. The molecule has 1 aromatic carbocycles. The first-order valence-corrected chi connectivity index (χ1v) is 7.12. The van der Waals surface area contributed by atoms with Crippen LogP contribution in [-0.4, -0.2) is 26.2 Å². The molecule has 4 nitrogen and oxygen atoms in total. The molecule has 2 rings (SSSR count). The van der Waals surface area contributed by atoms with Crippen LogP contribution in [-0.2, 0) is 6.54 Å². The number of hydrogen-bond acceptors (Lipinski definition) is 4. The molecule has 2 aromatic rings. The number of aromatic nitrogens is 1. The zero-order valence-electron chi connectivity index (χ0n) is 11.9. The van der Waals surface area contributed by atoms with Crippen LogP contribution in [0.4, 0.5) is 11.5 Å². The summed E-state index contributed by atoms with van der Waals surface area (Å²) in [5.74, 6) is 1.76. The number of ether oxygens (including phenoxy) is 1. The van der Waals surface area contributed by atoms with Gasteiger partial charge in [0, 0.05) is 41.6 Å². The van der Waals surface area contributed by atoms with Crippen LogP contribution in [0.15, 0.2) is 41.0 Å². The molecule has 1 heterocycles. The Morgan fingerprint density at radius 3 is 2.85 bits per heavy atom. The number of methoxy groups -OCH3 is 1. The Morgan fingerprint density at radius 1 is 1.35 bits per heavy atom. The number of halogens is 1. The first-order valence-electron chi connectivity index (χ1n) is 6.32. The van der Waals surface area contributed by atoms with Gasteiger partial charge in [0.05, 0.1) is 7.11 Å². The van der Waals surface area contributed by atoms with E-state index in [9.17, 15) is 0 Å². The molecule has 0 atom stereocenters. The summed E-state index contributed by atoms with van der Waals surface area (Å²) in [7, 11) is 5.60. The highest BCUT2D eigenvalue weighted by molar-refractivity contribution is 9.10. The lowest BCUT2D eigenvalue weighted by molar-refractivity contribution is 0.415. The number of benzene rings is 1. The van der Waals surface area contributed by atoms with Crippen LogP contribution < -0.4 is 15.0 Å². The number of rotatable bonds is 5. The molecule has 0 radical (unpaired) electrons. The first kappa shape index (κ1) is 14.8. The average molecular weight is 336 g/mol. The number of anilines is 2. The molecule has 5 heteroatoms. The van der Waals surface area contributed by atoms with E-state index in [2.05, 4.69) is 37.2 Å². The van der Waals surface area contributed by atoms with Crippen molar-refractivity contribution in [2.75, 3.05) is 26.1 Å². The molecule has 1 N–H and O–H groups in total. The molecule has 0 aliphatic heterocycles. The van der Waals surface area contributed by atoms with Gasteiger partial charge in [0.25, 0.3) is 0 Å². The van der Waals surface area contributed by atoms with Crippen molar-refractivity contribution in [3.8, 4) is 5.75 Å². The standard InChI is InChI=1S/C15H18BrN3O/c1-17-9-11-7-12(16)10-18-15(11)19(2)13-5-4-6-14(8-13)20-3/h4-8,10,17H,9H2,1-3H3. The van der Waals surface area contributed by atoms with Gasteiger partial charge < -0.3 is 15.0 Å². The predicted molar refractivity (Wildman–Crippen MR) is 85.8 cm³/mol. The minimum Gasteiger partial charge on any atom is -0.497 e. The highest BCUT2D eigenvalue weighted by Crippen LogP contribution is 2.29. The molecule has 0 saturated heterocycles. The van der Waals surface area contributed by atoms with Crippen LogP contribution in [0.2, 0.25) is 0 Å². The molecule has 1 aromatic heterocycles. The maximum Gasteiger partial charge on any atom is 0.137 e. The third-order valence-corrected chi connectivity index (χ3v) is 3.47. The normalized spacial score (nSPS) is 10.4. The molecule has 20 heavy (non-hydrogen) atoms. The fraction of sp³-hybridized carbons (Fsp3) is 0.267. The van der Waals surface area contributed by atoms with Crippen LogP contribution in [0, 0.1) is 0 Å². The first-order chi connectivity index (χ1) is 9.65. The molecule has 0 fully saturated rings. The molecule has 106 valence electrons. The van der Waals surface area contributed by atoms with Crippen molar-refractivity contribution in [3.05, 3.63) is 46.6 Å². The van der Waals surface area contributed by atoms with E-state index in [1.54, 1.807) is 7.11 Å². The van der Waals surface area contributed by atoms with Crippen LogP contribution in [0.3, 0.4) is 0 Å². The fourth-order valence-electron chi connectivity index (χ4n) is 2.04. The minimum absolute atomic E-state index is 0.760. The van der Waals surface area contributed by atoms with E-state index >= 15 is 0 Å². The molecule has 0 unspecified atom stereocenters. The van der Waals surface area contributed by atoms with E-state index in [0.717, 1.165) is 33.8 Å². The maximum absolute atomic E-state index is 5.27. The van der Waals surface area contributed by atoms with Gasteiger partial charge in [0.15, 0.2) is 0 Å². The van der Waals surface area contributed by atoms with E-state index in [0.29, 0.717) is 0 Å². The Hall–Kier alpha value is -1.59. The van der Waals surface area contributed by atoms with Gasteiger partial charge in [0.2, 0.25) is 0 Å². The van der Waals surface area contributed by atoms with E-state index in [1.165, 1.54) is 0 Å². The lowest BCUT2D eigenvalue weighted by Gasteiger charge is -2.22. The minimum atomic E-state index is 0.760. The third-order valence-electron chi connectivity index (χ3n) is 3.04. The summed E-state index contributed by atoms with van der Waals surface area (Å²) in [4.78, 5) is 6.58. The lowest BCUT2D eigenvalue weighted by atomic mass is 10.2. The summed E-state index contributed by atoms with van der Waals surface area (Å²) >= 11 is 3.47. The van der Waals surface area contributed by atoms with Crippen molar-refractivity contribution >= 4 is 27.4 Å². The lowest BCUT2D eigenvalue weighted by Crippen LogP contribution is -2.16. The summed E-state index contributed by atoms with van der Waals surface area (Å²) in [6, 6.07) is 10.0.